The summed E-state index contributed by atoms with van der Waals surface area (Å²) in [5.41, 5.74) is 9.73. The molecule has 1 atom stereocenters. The largest absolute Gasteiger partial charge is 0.321 e. The van der Waals surface area contributed by atoms with Crippen LogP contribution in [0.1, 0.15) is 25.2 Å². The molecule has 0 aliphatic carbocycles. The standard InChI is InChI=1S/C17H16ClFN4O.ClH/c1-2-13(20)16-21-14-5-3-4-12(18)15(14)17(24)23(16)22-11-8-6-10(19)7-9-11;/h3-9,13,22H,2,20H2,1H3;1H/t13-;/m0./s1. The van der Waals surface area contributed by atoms with E-state index in [0.717, 1.165) is 0 Å². The Morgan fingerprint density at radius 2 is 1.96 bits per heavy atom. The number of aromatic nitrogens is 2. The summed E-state index contributed by atoms with van der Waals surface area (Å²) in [7, 11) is 0. The highest BCUT2D eigenvalue weighted by molar-refractivity contribution is 6.35. The van der Waals surface area contributed by atoms with Crippen molar-refractivity contribution in [2.45, 2.75) is 19.4 Å². The van der Waals surface area contributed by atoms with E-state index < -0.39 is 6.04 Å². The average Bonchev–Trinajstić information content (AvgIpc) is 2.58. The van der Waals surface area contributed by atoms with Crippen molar-refractivity contribution in [3.8, 4) is 0 Å². The molecule has 132 valence electrons. The van der Waals surface area contributed by atoms with Crippen LogP contribution in [0.25, 0.3) is 10.9 Å². The fourth-order valence-electron chi connectivity index (χ4n) is 2.40. The predicted molar refractivity (Wildman–Crippen MR) is 101 cm³/mol. The lowest BCUT2D eigenvalue weighted by Crippen LogP contribution is -2.34. The molecule has 3 aromatic rings. The van der Waals surface area contributed by atoms with Crippen molar-refractivity contribution in [2.24, 2.45) is 5.73 Å². The van der Waals surface area contributed by atoms with Gasteiger partial charge in [0.2, 0.25) is 0 Å². The molecule has 0 radical (unpaired) electrons. The molecule has 8 heteroatoms. The van der Waals surface area contributed by atoms with Crippen LogP contribution in [-0.4, -0.2) is 9.66 Å². The third-order valence-electron chi connectivity index (χ3n) is 3.73. The van der Waals surface area contributed by atoms with E-state index in [9.17, 15) is 9.18 Å². The Kier molecular flexibility index (Phi) is 6.00. The SMILES string of the molecule is CC[C@H](N)c1nc2cccc(Cl)c2c(=O)n1Nc1ccc(F)cc1.Cl. The second-order valence-electron chi connectivity index (χ2n) is 5.38. The van der Waals surface area contributed by atoms with Crippen LogP contribution in [0.2, 0.25) is 5.02 Å². The fourth-order valence-corrected chi connectivity index (χ4v) is 2.65. The van der Waals surface area contributed by atoms with E-state index >= 15 is 0 Å². The molecule has 0 fully saturated rings. The Morgan fingerprint density at radius 3 is 2.60 bits per heavy atom. The van der Waals surface area contributed by atoms with Gasteiger partial charge in [-0.25, -0.2) is 14.1 Å². The number of nitrogens with zero attached hydrogens (tertiary/aromatic N) is 2. The van der Waals surface area contributed by atoms with Crippen molar-refractivity contribution in [3.63, 3.8) is 0 Å². The summed E-state index contributed by atoms with van der Waals surface area (Å²) < 4.78 is 14.4. The van der Waals surface area contributed by atoms with Gasteiger partial charge in [0.05, 0.1) is 27.7 Å². The molecular formula is C17H17Cl2FN4O. The number of nitrogens with one attached hydrogen (secondary N) is 1. The van der Waals surface area contributed by atoms with Gasteiger partial charge in [0.15, 0.2) is 0 Å². The first kappa shape index (κ1) is 19.2. The van der Waals surface area contributed by atoms with Crippen LogP contribution in [0.4, 0.5) is 10.1 Å². The van der Waals surface area contributed by atoms with Gasteiger partial charge in [0, 0.05) is 0 Å². The molecule has 0 aliphatic rings. The molecule has 3 rings (SSSR count). The molecule has 0 saturated heterocycles. The summed E-state index contributed by atoms with van der Waals surface area (Å²) in [6.07, 6.45) is 0.601. The number of nitrogens with two attached hydrogens (primary N) is 1. The molecule has 2 aromatic carbocycles. The lowest BCUT2D eigenvalue weighted by atomic mass is 10.2. The van der Waals surface area contributed by atoms with Crippen molar-refractivity contribution < 1.29 is 4.39 Å². The number of hydrogen-bond acceptors (Lipinski definition) is 4. The van der Waals surface area contributed by atoms with Gasteiger partial charge in [0.1, 0.15) is 11.6 Å². The second kappa shape index (κ2) is 7.82. The quantitative estimate of drug-likeness (QED) is 0.717. The van der Waals surface area contributed by atoms with Crippen LogP contribution >= 0.6 is 24.0 Å². The molecular weight excluding hydrogens is 366 g/mol. The smallest absolute Gasteiger partial charge is 0.281 e. The molecule has 0 amide bonds. The topological polar surface area (TPSA) is 72.9 Å². The maximum Gasteiger partial charge on any atom is 0.281 e. The highest BCUT2D eigenvalue weighted by Crippen LogP contribution is 2.21. The Morgan fingerprint density at radius 1 is 1.28 bits per heavy atom. The van der Waals surface area contributed by atoms with Crippen LogP contribution in [0, 0.1) is 5.82 Å². The fraction of sp³-hybridized carbons (Fsp3) is 0.176. The van der Waals surface area contributed by atoms with Gasteiger partial charge in [-0.3, -0.25) is 10.2 Å². The van der Waals surface area contributed by atoms with Gasteiger partial charge in [0.25, 0.3) is 5.56 Å². The maximum atomic E-state index is 13.1. The summed E-state index contributed by atoms with van der Waals surface area (Å²) in [6, 6.07) is 10.3. The van der Waals surface area contributed by atoms with Gasteiger partial charge < -0.3 is 5.73 Å². The normalized spacial score (nSPS) is 11.8. The second-order valence-corrected chi connectivity index (χ2v) is 5.79. The van der Waals surface area contributed by atoms with Crippen LogP contribution in [0.3, 0.4) is 0 Å². The van der Waals surface area contributed by atoms with Crippen molar-refractivity contribution in [1.29, 1.82) is 0 Å². The molecule has 0 aliphatic heterocycles. The van der Waals surface area contributed by atoms with Crippen molar-refractivity contribution >= 4 is 40.6 Å². The van der Waals surface area contributed by atoms with Gasteiger partial charge in [-0.15, -0.1) is 12.4 Å². The van der Waals surface area contributed by atoms with Crippen LogP contribution in [0.5, 0.6) is 0 Å². The molecule has 0 bridgehead atoms. The number of anilines is 1. The third kappa shape index (κ3) is 3.76. The minimum Gasteiger partial charge on any atom is -0.321 e. The summed E-state index contributed by atoms with van der Waals surface area (Å²) in [6.45, 7) is 1.90. The first-order valence-electron chi connectivity index (χ1n) is 7.50. The number of halogens is 3. The van der Waals surface area contributed by atoms with Gasteiger partial charge in [-0.2, -0.15) is 0 Å². The molecule has 5 nitrogen and oxygen atoms in total. The van der Waals surface area contributed by atoms with Crippen LogP contribution in [-0.2, 0) is 0 Å². The Labute approximate surface area is 155 Å². The van der Waals surface area contributed by atoms with E-state index in [4.69, 9.17) is 17.3 Å². The number of fused-ring (bicyclic) bond motifs is 1. The minimum atomic E-state index is -0.436. The highest BCUT2D eigenvalue weighted by atomic mass is 35.5. The van der Waals surface area contributed by atoms with E-state index in [-0.39, 0.29) is 23.8 Å². The summed E-state index contributed by atoms with van der Waals surface area (Å²) in [5, 5.41) is 0.622. The molecule has 25 heavy (non-hydrogen) atoms. The lowest BCUT2D eigenvalue weighted by molar-refractivity contribution is 0.607. The zero-order chi connectivity index (χ0) is 17.3. The molecule has 0 saturated carbocycles. The van der Waals surface area contributed by atoms with Crippen LogP contribution in [0.15, 0.2) is 47.3 Å². The molecule has 1 heterocycles. The Bertz CT molecular complexity index is 944. The summed E-state index contributed by atoms with van der Waals surface area (Å²) in [5.74, 6) is 0.0275. The summed E-state index contributed by atoms with van der Waals surface area (Å²) in [4.78, 5) is 17.4. The average molecular weight is 383 g/mol. The zero-order valence-electron chi connectivity index (χ0n) is 13.4. The van der Waals surface area contributed by atoms with Crippen molar-refractivity contribution in [3.05, 3.63) is 69.5 Å². The van der Waals surface area contributed by atoms with E-state index in [1.807, 2.05) is 6.92 Å². The maximum absolute atomic E-state index is 13.1. The van der Waals surface area contributed by atoms with Crippen LogP contribution < -0.4 is 16.7 Å². The number of rotatable bonds is 4. The van der Waals surface area contributed by atoms with Gasteiger partial charge in [-0.05, 0) is 42.8 Å². The van der Waals surface area contributed by atoms with E-state index in [1.165, 1.54) is 28.9 Å². The number of benzene rings is 2. The van der Waals surface area contributed by atoms with Gasteiger partial charge >= 0.3 is 0 Å². The first-order valence-corrected chi connectivity index (χ1v) is 7.88. The molecule has 3 N–H and O–H groups in total. The first-order chi connectivity index (χ1) is 11.5. The van der Waals surface area contributed by atoms with Gasteiger partial charge in [-0.1, -0.05) is 24.6 Å². The molecule has 1 aromatic heterocycles. The number of hydrogen-bond donors (Lipinski definition) is 2. The van der Waals surface area contributed by atoms with E-state index in [1.54, 1.807) is 18.2 Å². The summed E-state index contributed by atoms with van der Waals surface area (Å²) >= 11 is 6.16. The Balaban J connectivity index is 0.00000225. The van der Waals surface area contributed by atoms with Crippen molar-refractivity contribution in [1.82, 2.24) is 9.66 Å². The lowest BCUT2D eigenvalue weighted by Gasteiger charge is -2.19. The highest BCUT2D eigenvalue weighted by Gasteiger charge is 2.17. The third-order valence-corrected chi connectivity index (χ3v) is 4.04. The molecule has 0 spiro atoms. The molecule has 0 unspecified atom stereocenters. The minimum absolute atomic E-state index is 0. The Hall–Kier alpha value is -2.15. The zero-order valence-corrected chi connectivity index (χ0v) is 14.9. The van der Waals surface area contributed by atoms with Crippen molar-refractivity contribution in [2.75, 3.05) is 5.43 Å². The predicted octanol–water partition coefficient (Wildman–Crippen LogP) is 3.90. The van der Waals surface area contributed by atoms with E-state index in [0.29, 0.717) is 33.9 Å². The van der Waals surface area contributed by atoms with E-state index in [2.05, 4.69) is 10.4 Å². The monoisotopic (exact) mass is 382 g/mol.